The Morgan fingerprint density at radius 1 is 1.26 bits per heavy atom. The van der Waals surface area contributed by atoms with Crippen LogP contribution in [-0.4, -0.2) is 42.1 Å². The van der Waals surface area contributed by atoms with Crippen LogP contribution < -0.4 is 5.32 Å². The molecule has 0 heterocycles. The molecule has 5 nitrogen and oxygen atoms in total. The molecule has 2 N–H and O–H groups in total. The summed E-state index contributed by atoms with van der Waals surface area (Å²) in [5.74, 6) is -0.893. The Hall–Kier alpha value is -2.04. The maximum Gasteiger partial charge on any atom is 0.317 e. The Bertz CT molecular complexity index is 594. The van der Waals surface area contributed by atoms with E-state index in [0.29, 0.717) is 6.54 Å². The molecule has 0 spiro atoms. The molecular formula is C18H26N2O3. The maximum absolute atomic E-state index is 12.1. The molecule has 0 radical (unpaired) electrons. The Morgan fingerprint density at radius 2 is 1.96 bits per heavy atom. The molecule has 0 saturated heterocycles. The van der Waals surface area contributed by atoms with Gasteiger partial charge in [0.2, 0.25) is 0 Å². The molecule has 1 aromatic rings. The largest absolute Gasteiger partial charge is 0.481 e. The lowest BCUT2D eigenvalue weighted by molar-refractivity contribution is -0.137. The molecule has 23 heavy (non-hydrogen) atoms. The van der Waals surface area contributed by atoms with Crippen molar-refractivity contribution in [1.82, 2.24) is 10.2 Å². The topological polar surface area (TPSA) is 69.6 Å². The van der Waals surface area contributed by atoms with E-state index in [1.807, 2.05) is 0 Å². The zero-order valence-corrected chi connectivity index (χ0v) is 14.2. The minimum Gasteiger partial charge on any atom is -0.481 e. The third kappa shape index (κ3) is 4.03. The number of carboxylic acid groups (broad SMARTS) is 1. The van der Waals surface area contributed by atoms with Crippen LogP contribution in [0.1, 0.15) is 42.4 Å². The number of nitrogens with one attached hydrogen (secondary N) is 1. The van der Waals surface area contributed by atoms with E-state index in [0.717, 1.165) is 12.8 Å². The van der Waals surface area contributed by atoms with Gasteiger partial charge >= 0.3 is 12.0 Å². The van der Waals surface area contributed by atoms with Crippen LogP contribution in [0.3, 0.4) is 0 Å². The number of hydrogen-bond acceptors (Lipinski definition) is 2. The van der Waals surface area contributed by atoms with Crippen molar-refractivity contribution in [2.45, 2.75) is 44.9 Å². The fourth-order valence-corrected chi connectivity index (χ4v) is 2.99. The van der Waals surface area contributed by atoms with Crippen LogP contribution in [0.4, 0.5) is 4.79 Å². The van der Waals surface area contributed by atoms with Crippen LogP contribution in [0.2, 0.25) is 0 Å². The molecule has 2 amide bonds. The van der Waals surface area contributed by atoms with Gasteiger partial charge in [-0.25, -0.2) is 4.79 Å². The first-order chi connectivity index (χ1) is 10.8. The van der Waals surface area contributed by atoms with E-state index >= 15 is 0 Å². The lowest BCUT2D eigenvalue weighted by Gasteiger charge is -2.43. The molecule has 1 aliphatic carbocycles. The molecule has 126 valence electrons. The van der Waals surface area contributed by atoms with E-state index in [4.69, 9.17) is 5.11 Å². The Morgan fingerprint density at radius 3 is 2.48 bits per heavy atom. The molecule has 1 aliphatic rings. The Labute approximate surface area is 137 Å². The van der Waals surface area contributed by atoms with Crippen molar-refractivity contribution >= 4 is 12.0 Å². The second kappa shape index (κ2) is 7.02. The second-order valence-electron chi connectivity index (χ2n) is 6.66. The summed E-state index contributed by atoms with van der Waals surface area (Å²) < 4.78 is 0. The fraction of sp³-hybridized carbons (Fsp3) is 0.556. The van der Waals surface area contributed by atoms with Gasteiger partial charge in [-0.15, -0.1) is 0 Å². The maximum atomic E-state index is 12.1. The Balaban J connectivity index is 1.97. The standard InChI is InChI=1S/C18H26N2O3/c1-13-5-6-15(11-14(13)2)18(8-4-9-18)12-19-17(23)20(3)10-7-16(21)22/h5-6,11H,4,7-10,12H2,1-3H3,(H,19,23)(H,21,22). The molecular weight excluding hydrogens is 292 g/mol. The molecule has 1 saturated carbocycles. The number of amides is 2. The predicted octanol–water partition coefficient (Wildman–Crippen LogP) is 2.84. The number of nitrogens with zero attached hydrogens (tertiary/aromatic N) is 1. The summed E-state index contributed by atoms with van der Waals surface area (Å²) in [6.07, 6.45) is 3.30. The SMILES string of the molecule is Cc1ccc(C2(CNC(=O)N(C)CCC(=O)O)CCC2)cc1C. The molecule has 1 fully saturated rings. The molecule has 0 bridgehead atoms. The smallest absolute Gasteiger partial charge is 0.317 e. The molecule has 5 heteroatoms. The zero-order chi connectivity index (χ0) is 17.0. The highest BCUT2D eigenvalue weighted by molar-refractivity contribution is 5.75. The third-order valence-corrected chi connectivity index (χ3v) is 5.02. The molecule has 0 aliphatic heterocycles. The lowest BCUT2D eigenvalue weighted by atomic mass is 9.64. The third-order valence-electron chi connectivity index (χ3n) is 5.02. The van der Waals surface area contributed by atoms with E-state index in [1.165, 1.54) is 28.0 Å². The fourth-order valence-electron chi connectivity index (χ4n) is 2.99. The van der Waals surface area contributed by atoms with E-state index in [9.17, 15) is 9.59 Å². The van der Waals surface area contributed by atoms with Crippen LogP contribution in [-0.2, 0) is 10.2 Å². The van der Waals surface area contributed by atoms with Gasteiger partial charge in [-0.2, -0.15) is 0 Å². The summed E-state index contributed by atoms with van der Waals surface area (Å²) in [7, 11) is 1.63. The molecule has 2 rings (SSSR count). The van der Waals surface area contributed by atoms with Crippen molar-refractivity contribution in [3.8, 4) is 0 Å². The van der Waals surface area contributed by atoms with Crippen LogP contribution in [0, 0.1) is 13.8 Å². The van der Waals surface area contributed by atoms with Crippen LogP contribution >= 0.6 is 0 Å². The van der Waals surface area contributed by atoms with Crippen LogP contribution in [0.25, 0.3) is 0 Å². The van der Waals surface area contributed by atoms with Crippen molar-refractivity contribution in [1.29, 1.82) is 0 Å². The summed E-state index contributed by atoms with van der Waals surface area (Å²) in [6.45, 7) is 5.04. The molecule has 1 aromatic carbocycles. The number of rotatable bonds is 6. The highest BCUT2D eigenvalue weighted by Gasteiger charge is 2.39. The van der Waals surface area contributed by atoms with E-state index in [1.54, 1.807) is 7.05 Å². The average molecular weight is 318 g/mol. The van der Waals surface area contributed by atoms with Crippen molar-refractivity contribution in [3.05, 3.63) is 34.9 Å². The molecule has 0 aromatic heterocycles. The highest BCUT2D eigenvalue weighted by Crippen LogP contribution is 2.43. The molecule has 0 unspecified atom stereocenters. The number of aliphatic carboxylic acids is 1. The Kier molecular flexibility index (Phi) is 5.29. The quantitative estimate of drug-likeness (QED) is 0.847. The predicted molar refractivity (Wildman–Crippen MR) is 89.7 cm³/mol. The van der Waals surface area contributed by atoms with Gasteiger partial charge in [0.15, 0.2) is 0 Å². The first-order valence-electron chi connectivity index (χ1n) is 8.12. The number of benzene rings is 1. The first-order valence-corrected chi connectivity index (χ1v) is 8.12. The van der Waals surface area contributed by atoms with Gasteiger partial charge in [0, 0.05) is 25.6 Å². The van der Waals surface area contributed by atoms with Crippen molar-refractivity contribution in [2.24, 2.45) is 0 Å². The summed E-state index contributed by atoms with van der Waals surface area (Å²) in [5, 5.41) is 11.7. The van der Waals surface area contributed by atoms with E-state index < -0.39 is 5.97 Å². The summed E-state index contributed by atoms with van der Waals surface area (Å²) >= 11 is 0. The number of carbonyl (C=O) groups excluding carboxylic acids is 1. The number of hydrogen-bond donors (Lipinski definition) is 2. The first kappa shape index (κ1) is 17.3. The van der Waals surface area contributed by atoms with E-state index in [2.05, 4.69) is 37.4 Å². The van der Waals surface area contributed by atoms with Gasteiger partial charge in [0.25, 0.3) is 0 Å². The van der Waals surface area contributed by atoms with Gasteiger partial charge in [0.05, 0.1) is 6.42 Å². The second-order valence-corrected chi connectivity index (χ2v) is 6.66. The normalized spacial score (nSPS) is 15.6. The van der Waals surface area contributed by atoms with Gasteiger partial charge in [0.1, 0.15) is 0 Å². The monoisotopic (exact) mass is 318 g/mol. The van der Waals surface area contributed by atoms with Gasteiger partial charge in [-0.05, 0) is 43.4 Å². The van der Waals surface area contributed by atoms with Crippen LogP contribution in [0.15, 0.2) is 18.2 Å². The van der Waals surface area contributed by atoms with Crippen molar-refractivity contribution < 1.29 is 14.7 Å². The van der Waals surface area contributed by atoms with Gasteiger partial charge in [-0.1, -0.05) is 24.6 Å². The lowest BCUT2D eigenvalue weighted by Crippen LogP contribution is -2.48. The molecule has 0 atom stereocenters. The minimum atomic E-state index is -0.893. The van der Waals surface area contributed by atoms with Crippen molar-refractivity contribution in [3.63, 3.8) is 0 Å². The average Bonchev–Trinajstić information content (AvgIpc) is 2.46. The summed E-state index contributed by atoms with van der Waals surface area (Å²) in [4.78, 5) is 24.1. The number of carbonyl (C=O) groups is 2. The highest BCUT2D eigenvalue weighted by atomic mass is 16.4. The number of urea groups is 1. The van der Waals surface area contributed by atoms with Crippen molar-refractivity contribution in [2.75, 3.05) is 20.1 Å². The van der Waals surface area contributed by atoms with Crippen LogP contribution in [0.5, 0.6) is 0 Å². The summed E-state index contributed by atoms with van der Waals surface area (Å²) in [6, 6.07) is 6.34. The number of carboxylic acids is 1. The number of aryl methyl sites for hydroxylation is 2. The summed E-state index contributed by atoms with van der Waals surface area (Å²) in [5.41, 5.74) is 3.88. The van der Waals surface area contributed by atoms with Gasteiger partial charge in [-0.3, -0.25) is 4.79 Å². The zero-order valence-electron chi connectivity index (χ0n) is 14.2. The van der Waals surface area contributed by atoms with E-state index in [-0.39, 0.29) is 24.4 Å². The van der Waals surface area contributed by atoms with Gasteiger partial charge < -0.3 is 15.3 Å². The minimum absolute atomic E-state index is 0.0295.